The lowest BCUT2D eigenvalue weighted by Gasteiger charge is -2.35. The fourth-order valence-electron chi connectivity index (χ4n) is 3.79. The van der Waals surface area contributed by atoms with Gasteiger partial charge in [0.15, 0.2) is 0 Å². The summed E-state index contributed by atoms with van der Waals surface area (Å²) in [6, 6.07) is 0.178. The molecule has 0 spiro atoms. The largest absolute Gasteiger partial charge is 0.344 e. The molecular weight excluding hydrogens is 392 g/mol. The summed E-state index contributed by atoms with van der Waals surface area (Å²) in [7, 11) is 7.18. The molecule has 2 rings (SSSR count). The van der Waals surface area contributed by atoms with Gasteiger partial charge in [0.05, 0.1) is 0 Å². The lowest BCUT2D eigenvalue weighted by atomic mass is 10.0. The smallest absolute Gasteiger partial charge is 0.223 e. The van der Waals surface area contributed by atoms with Crippen LogP contribution in [0.25, 0.3) is 0 Å². The average molecular weight is 427 g/mol. The number of carbonyl (C=O) groups excluding carboxylic acids is 4. The first-order valence-electron chi connectivity index (χ1n) is 10.3. The number of nitrogens with zero attached hydrogens (tertiary/aromatic N) is 4. The molecule has 4 amide bonds. The van der Waals surface area contributed by atoms with Crippen molar-refractivity contribution in [3.05, 3.63) is 0 Å². The van der Waals surface area contributed by atoms with Crippen LogP contribution in [0.5, 0.6) is 0 Å². The molecule has 0 radical (unpaired) electrons. The van der Waals surface area contributed by atoms with Crippen LogP contribution in [0.4, 0.5) is 0 Å². The number of likely N-dealkylation sites (N-methyl/N-ethyl adjacent to an activating group) is 4. The Morgan fingerprint density at radius 1 is 0.862 bits per heavy atom. The molecular formula is C20H34N4O4S. The number of hydrogen-bond donors (Lipinski definition) is 0. The van der Waals surface area contributed by atoms with Crippen LogP contribution in [0.3, 0.4) is 0 Å². The number of piperidine rings is 2. The molecule has 2 fully saturated rings. The second-order valence-corrected chi connectivity index (χ2v) is 9.28. The molecule has 2 unspecified atom stereocenters. The van der Waals surface area contributed by atoms with Crippen molar-refractivity contribution in [1.82, 2.24) is 19.6 Å². The molecule has 2 aliphatic rings. The maximum absolute atomic E-state index is 12.4. The van der Waals surface area contributed by atoms with Crippen molar-refractivity contribution in [3.8, 4) is 0 Å². The molecule has 0 bridgehead atoms. The van der Waals surface area contributed by atoms with E-state index in [1.54, 1.807) is 45.5 Å². The molecule has 0 aliphatic carbocycles. The van der Waals surface area contributed by atoms with E-state index < -0.39 is 0 Å². The molecule has 0 N–H and O–H groups in total. The predicted octanol–water partition coefficient (Wildman–Crippen LogP) is 0.658. The van der Waals surface area contributed by atoms with E-state index in [1.807, 2.05) is 14.1 Å². The molecule has 0 aromatic carbocycles. The Morgan fingerprint density at radius 2 is 1.24 bits per heavy atom. The summed E-state index contributed by atoms with van der Waals surface area (Å²) in [6.45, 7) is 1.19. The summed E-state index contributed by atoms with van der Waals surface area (Å²) in [5.41, 5.74) is 0. The molecule has 0 aromatic heterocycles. The Morgan fingerprint density at radius 3 is 1.59 bits per heavy atom. The number of hydrogen-bond acceptors (Lipinski definition) is 5. The molecule has 8 nitrogen and oxygen atoms in total. The number of amides is 4. The zero-order valence-electron chi connectivity index (χ0n) is 18.1. The van der Waals surface area contributed by atoms with Gasteiger partial charge in [0, 0.05) is 90.6 Å². The second-order valence-electron chi connectivity index (χ2n) is 8.06. The van der Waals surface area contributed by atoms with E-state index in [-0.39, 0.29) is 35.7 Å². The average Bonchev–Trinajstić information content (AvgIpc) is 2.70. The Hall–Kier alpha value is -1.77. The van der Waals surface area contributed by atoms with E-state index in [1.165, 1.54) is 0 Å². The summed E-state index contributed by atoms with van der Waals surface area (Å²) >= 11 is 1.62. The van der Waals surface area contributed by atoms with Gasteiger partial charge >= 0.3 is 0 Å². The minimum Gasteiger partial charge on any atom is -0.344 e. The third-order valence-electron chi connectivity index (χ3n) is 6.01. The predicted molar refractivity (Wildman–Crippen MR) is 113 cm³/mol. The maximum atomic E-state index is 12.4. The Bertz CT molecular complexity index is 578. The van der Waals surface area contributed by atoms with Crippen molar-refractivity contribution in [3.63, 3.8) is 0 Å². The highest BCUT2D eigenvalue weighted by molar-refractivity contribution is 7.99. The van der Waals surface area contributed by atoms with E-state index in [0.717, 1.165) is 12.8 Å². The first kappa shape index (κ1) is 23.5. The number of rotatable bonds is 8. The van der Waals surface area contributed by atoms with Gasteiger partial charge in [0.25, 0.3) is 0 Å². The van der Waals surface area contributed by atoms with Gasteiger partial charge in [-0.1, -0.05) is 0 Å². The van der Waals surface area contributed by atoms with E-state index >= 15 is 0 Å². The van der Waals surface area contributed by atoms with E-state index in [4.69, 9.17) is 0 Å². The van der Waals surface area contributed by atoms with Gasteiger partial charge in [0.2, 0.25) is 23.6 Å². The van der Waals surface area contributed by atoms with Crippen LogP contribution in [0, 0.1) is 0 Å². The van der Waals surface area contributed by atoms with Crippen LogP contribution in [-0.2, 0) is 19.2 Å². The first-order valence-corrected chi connectivity index (χ1v) is 11.4. The normalized spacial score (nSPS) is 22.6. The number of thioether (sulfide) groups is 1. The topological polar surface area (TPSA) is 81.2 Å². The fraction of sp³-hybridized carbons (Fsp3) is 0.800. The van der Waals surface area contributed by atoms with Crippen LogP contribution in [-0.4, -0.2) is 108 Å². The summed E-state index contributed by atoms with van der Waals surface area (Å²) in [6.07, 6.45) is 3.31. The zero-order chi connectivity index (χ0) is 21.6. The molecule has 9 heteroatoms. The Labute approximate surface area is 177 Å². The molecule has 164 valence electrons. The lowest BCUT2D eigenvalue weighted by Crippen LogP contribution is -2.49. The van der Waals surface area contributed by atoms with E-state index in [2.05, 4.69) is 0 Å². The quantitative estimate of drug-likeness (QED) is 0.533. The summed E-state index contributed by atoms with van der Waals surface area (Å²) in [5, 5.41) is 0. The van der Waals surface area contributed by atoms with Gasteiger partial charge in [-0.2, -0.15) is 11.8 Å². The highest BCUT2D eigenvalue weighted by Crippen LogP contribution is 2.18. The van der Waals surface area contributed by atoms with Crippen molar-refractivity contribution in [2.45, 2.75) is 50.6 Å². The lowest BCUT2D eigenvalue weighted by molar-refractivity contribution is -0.139. The molecule has 0 aromatic rings. The van der Waals surface area contributed by atoms with Crippen LogP contribution in [0.1, 0.15) is 38.5 Å². The number of likely N-dealkylation sites (tertiary alicyclic amines) is 2. The van der Waals surface area contributed by atoms with Gasteiger partial charge in [0.1, 0.15) is 0 Å². The van der Waals surface area contributed by atoms with Crippen molar-refractivity contribution < 1.29 is 19.2 Å². The standard InChI is InChI=1S/C20H34N4O4S/c1-21-13-15(5-7-17(21)25)23(3)19(27)9-11-29-12-10-20(28)24(4)16-6-8-18(26)22(2)14-16/h15-16H,5-14H2,1-4H3. The molecule has 29 heavy (non-hydrogen) atoms. The van der Waals surface area contributed by atoms with Gasteiger partial charge in [-0.25, -0.2) is 0 Å². The maximum Gasteiger partial charge on any atom is 0.223 e. The van der Waals surface area contributed by atoms with Crippen LogP contribution >= 0.6 is 11.8 Å². The molecule has 2 heterocycles. The second kappa shape index (κ2) is 10.8. The summed E-state index contributed by atoms with van der Waals surface area (Å²) < 4.78 is 0. The van der Waals surface area contributed by atoms with Gasteiger partial charge in [-0.3, -0.25) is 19.2 Å². The van der Waals surface area contributed by atoms with Crippen molar-refractivity contribution in [1.29, 1.82) is 0 Å². The minimum atomic E-state index is 0.0867. The van der Waals surface area contributed by atoms with Crippen LogP contribution in [0.2, 0.25) is 0 Å². The van der Waals surface area contributed by atoms with Gasteiger partial charge < -0.3 is 19.6 Å². The summed E-state index contributed by atoms with van der Waals surface area (Å²) in [4.78, 5) is 54.9. The van der Waals surface area contributed by atoms with E-state index in [9.17, 15) is 19.2 Å². The minimum absolute atomic E-state index is 0.0867. The molecule has 2 atom stereocenters. The van der Waals surface area contributed by atoms with Crippen molar-refractivity contribution in [2.24, 2.45) is 0 Å². The monoisotopic (exact) mass is 426 g/mol. The van der Waals surface area contributed by atoms with Crippen LogP contribution < -0.4 is 0 Å². The van der Waals surface area contributed by atoms with Gasteiger partial charge in [-0.05, 0) is 12.8 Å². The highest BCUT2D eigenvalue weighted by Gasteiger charge is 2.29. The Kier molecular flexibility index (Phi) is 8.79. The third-order valence-corrected chi connectivity index (χ3v) is 6.99. The summed E-state index contributed by atoms with van der Waals surface area (Å²) in [5.74, 6) is 1.81. The van der Waals surface area contributed by atoms with Crippen molar-refractivity contribution >= 4 is 35.4 Å². The molecule has 2 saturated heterocycles. The van der Waals surface area contributed by atoms with Crippen molar-refractivity contribution in [2.75, 3.05) is 52.8 Å². The fourth-order valence-corrected chi connectivity index (χ4v) is 4.64. The number of carbonyl (C=O) groups is 4. The van der Waals surface area contributed by atoms with Crippen LogP contribution in [0.15, 0.2) is 0 Å². The Balaban J connectivity index is 1.62. The molecule has 2 aliphatic heterocycles. The first-order chi connectivity index (χ1) is 13.7. The van der Waals surface area contributed by atoms with Gasteiger partial charge in [-0.15, -0.1) is 0 Å². The third kappa shape index (κ3) is 6.62. The highest BCUT2D eigenvalue weighted by atomic mass is 32.2. The van der Waals surface area contributed by atoms with E-state index in [0.29, 0.717) is 50.3 Å². The molecule has 0 saturated carbocycles. The zero-order valence-corrected chi connectivity index (χ0v) is 18.9. The SMILES string of the molecule is CN1CC(N(C)C(=O)CCSCCC(=O)N(C)C2CCC(=O)N(C)C2)CCC1=O.